The molecule has 0 bridgehead atoms. The molecule has 3 heteroatoms. The fourth-order valence-corrected chi connectivity index (χ4v) is 15.8. The number of ketones is 1. The van der Waals surface area contributed by atoms with Gasteiger partial charge in [-0.25, -0.2) is 0 Å². The lowest BCUT2D eigenvalue weighted by Gasteiger charge is -2.65. The minimum absolute atomic E-state index is 0.0273. The van der Waals surface area contributed by atoms with Crippen molar-refractivity contribution in [3.05, 3.63) is 96.1 Å². The van der Waals surface area contributed by atoms with E-state index in [-0.39, 0.29) is 40.3 Å². The predicted octanol–water partition coefficient (Wildman–Crippen LogP) is 13.7. The first-order valence-corrected chi connectivity index (χ1v) is 23.0. The van der Waals surface area contributed by atoms with Gasteiger partial charge in [-0.2, -0.15) is 0 Å². The van der Waals surface area contributed by atoms with Crippen molar-refractivity contribution in [1.82, 2.24) is 0 Å². The number of aldehydes is 2. The maximum Gasteiger partial charge on any atom is 0.132 e. The number of benzene rings is 4. The van der Waals surface area contributed by atoms with E-state index >= 15 is 0 Å². The van der Waals surface area contributed by atoms with Crippen LogP contribution in [0, 0.1) is 57.2 Å². The number of carbonyl (C=O) groups is 3. The van der Waals surface area contributed by atoms with Gasteiger partial charge in [-0.15, -0.1) is 0 Å². The van der Waals surface area contributed by atoms with E-state index < -0.39 is 21.7 Å². The second kappa shape index (κ2) is 14.8. The normalized spacial score (nSPS) is 36.8. The highest BCUT2D eigenvalue weighted by Gasteiger charge is 2.67. The third-order valence-electron chi connectivity index (χ3n) is 18.5. The third kappa shape index (κ3) is 5.96. The molecule has 0 aromatic heterocycles. The Bertz CT molecular complexity index is 2030. The average Bonchev–Trinajstić information content (AvgIpc) is 3.20. The van der Waals surface area contributed by atoms with E-state index in [2.05, 4.69) is 140 Å². The zero-order chi connectivity index (χ0) is 41.3. The van der Waals surface area contributed by atoms with Gasteiger partial charge in [0, 0.05) is 34.5 Å². The summed E-state index contributed by atoms with van der Waals surface area (Å²) in [6.07, 6.45) is 13.6. The summed E-state index contributed by atoms with van der Waals surface area (Å²) < 4.78 is 0. The summed E-state index contributed by atoms with van der Waals surface area (Å²) in [6, 6.07) is 30.6. The smallest absolute Gasteiger partial charge is 0.132 e. The number of fused-ring (bicyclic) bond motifs is 4. The standard InChI is InChI=1S/C55H70O3/c1-37-33-41-21-15-29-50(3,4)48(41)54(35-56,52(37,7)46-25-13-19-39-17-9-11-23-44(39)46)31-27-43(58)28-32-55(36-57)49-42(22-16-30-51(49,5)6)34-38(2)53(55,8)47-26-14-20-40-18-10-12-24-45(40)47/h9-14,17-20,23-26,35-38,41-42,48-49H,15-16,21-22,27-34H2,1-8H3. The molecule has 0 N–H and O–H groups in total. The molecule has 0 aliphatic heterocycles. The van der Waals surface area contributed by atoms with Crippen LogP contribution in [0.5, 0.6) is 0 Å². The molecule has 4 aromatic rings. The first-order chi connectivity index (χ1) is 27.6. The quantitative estimate of drug-likeness (QED) is 0.151. The van der Waals surface area contributed by atoms with Crippen LogP contribution >= 0.6 is 0 Å². The largest absolute Gasteiger partial charge is 0.303 e. The molecule has 0 spiro atoms. The molecule has 8 rings (SSSR count). The van der Waals surface area contributed by atoms with E-state index in [0.717, 1.165) is 38.5 Å². The summed E-state index contributed by atoms with van der Waals surface area (Å²) in [6.45, 7) is 19.1. The van der Waals surface area contributed by atoms with Crippen LogP contribution in [0.3, 0.4) is 0 Å². The topological polar surface area (TPSA) is 51.2 Å². The van der Waals surface area contributed by atoms with Gasteiger partial charge >= 0.3 is 0 Å². The van der Waals surface area contributed by atoms with Crippen LogP contribution in [0.1, 0.15) is 144 Å². The predicted molar refractivity (Wildman–Crippen MR) is 240 cm³/mol. The Morgan fingerprint density at radius 1 is 0.569 bits per heavy atom. The maximum absolute atomic E-state index is 14.9. The lowest BCUT2D eigenvalue weighted by molar-refractivity contribution is -0.161. The van der Waals surface area contributed by atoms with E-state index in [0.29, 0.717) is 37.5 Å². The van der Waals surface area contributed by atoms with Crippen molar-refractivity contribution in [3.63, 3.8) is 0 Å². The molecule has 308 valence electrons. The average molecular weight is 779 g/mol. The van der Waals surface area contributed by atoms with E-state index in [1.807, 2.05) is 0 Å². The SMILES string of the molecule is CC1CC2CCCC(C)(C)C2C(C=O)(CCC(=O)CCC2(C=O)C3C(CCCC3(C)C)CC(C)C2(C)c2cccc3ccccc23)C1(C)c1cccc2ccccc12. The Morgan fingerprint density at radius 3 is 1.34 bits per heavy atom. The summed E-state index contributed by atoms with van der Waals surface area (Å²) in [4.78, 5) is 43.9. The van der Waals surface area contributed by atoms with E-state index in [1.54, 1.807) is 0 Å². The second-order valence-electron chi connectivity index (χ2n) is 21.8. The molecule has 0 heterocycles. The van der Waals surface area contributed by atoms with Gasteiger partial charge in [0.05, 0.1) is 0 Å². The van der Waals surface area contributed by atoms with Gasteiger partial charge in [-0.3, -0.25) is 4.79 Å². The van der Waals surface area contributed by atoms with Crippen molar-refractivity contribution < 1.29 is 14.4 Å². The van der Waals surface area contributed by atoms with Crippen LogP contribution in [-0.2, 0) is 25.2 Å². The van der Waals surface area contributed by atoms with E-state index in [9.17, 15) is 14.4 Å². The summed E-state index contributed by atoms with van der Waals surface area (Å²) in [5.41, 5.74) is 0.112. The molecule has 0 saturated heterocycles. The molecule has 10 atom stereocenters. The summed E-state index contributed by atoms with van der Waals surface area (Å²) >= 11 is 0. The molecular weight excluding hydrogens is 709 g/mol. The molecule has 0 amide bonds. The summed E-state index contributed by atoms with van der Waals surface area (Å²) in [5, 5.41) is 4.85. The van der Waals surface area contributed by atoms with Crippen LogP contribution in [-0.4, -0.2) is 18.4 Å². The fraction of sp³-hybridized carbons (Fsp3) is 0.582. The Morgan fingerprint density at radius 2 is 0.948 bits per heavy atom. The monoisotopic (exact) mass is 779 g/mol. The van der Waals surface area contributed by atoms with Crippen LogP contribution in [0.25, 0.3) is 21.5 Å². The van der Waals surface area contributed by atoms with Crippen molar-refractivity contribution in [1.29, 1.82) is 0 Å². The minimum Gasteiger partial charge on any atom is -0.303 e. The van der Waals surface area contributed by atoms with Crippen LogP contribution < -0.4 is 0 Å². The van der Waals surface area contributed by atoms with Gasteiger partial charge in [-0.1, -0.05) is 166 Å². The maximum atomic E-state index is 14.9. The van der Waals surface area contributed by atoms with Crippen LogP contribution in [0.4, 0.5) is 0 Å². The Labute approximate surface area is 349 Å². The molecule has 3 nitrogen and oxygen atoms in total. The Hall–Kier alpha value is -3.59. The van der Waals surface area contributed by atoms with Crippen molar-refractivity contribution in [2.75, 3.05) is 0 Å². The third-order valence-corrected chi connectivity index (χ3v) is 18.5. The summed E-state index contributed by atoms with van der Waals surface area (Å²) in [5.74, 6) is 2.00. The fourth-order valence-electron chi connectivity index (χ4n) is 15.8. The van der Waals surface area contributed by atoms with Crippen molar-refractivity contribution >= 4 is 39.9 Å². The van der Waals surface area contributed by atoms with E-state index in [1.165, 1.54) is 58.1 Å². The Kier molecular flexibility index (Phi) is 10.5. The first-order valence-electron chi connectivity index (χ1n) is 23.0. The summed E-state index contributed by atoms with van der Waals surface area (Å²) in [7, 11) is 0. The molecule has 58 heavy (non-hydrogen) atoms. The minimum atomic E-state index is -0.714. The number of rotatable bonds is 10. The number of carbonyl (C=O) groups excluding carboxylic acids is 3. The second-order valence-corrected chi connectivity index (χ2v) is 21.8. The lowest BCUT2D eigenvalue weighted by Crippen LogP contribution is -2.63. The zero-order valence-corrected chi connectivity index (χ0v) is 36.9. The molecule has 0 radical (unpaired) electrons. The molecule has 4 fully saturated rings. The van der Waals surface area contributed by atoms with Crippen molar-refractivity contribution in [2.24, 2.45) is 57.2 Å². The lowest BCUT2D eigenvalue weighted by atomic mass is 9.37. The van der Waals surface area contributed by atoms with Crippen LogP contribution in [0.15, 0.2) is 84.9 Å². The highest BCUT2D eigenvalue weighted by atomic mass is 16.1. The number of hydrogen-bond donors (Lipinski definition) is 0. The van der Waals surface area contributed by atoms with Crippen molar-refractivity contribution in [2.45, 2.75) is 143 Å². The van der Waals surface area contributed by atoms with Gasteiger partial charge in [-0.05, 0) is 118 Å². The number of hydrogen-bond acceptors (Lipinski definition) is 3. The van der Waals surface area contributed by atoms with Crippen molar-refractivity contribution in [3.8, 4) is 0 Å². The van der Waals surface area contributed by atoms with Crippen LogP contribution in [0.2, 0.25) is 0 Å². The number of Topliss-reactive ketones (excluding diaryl/α,β-unsaturated/α-hetero) is 1. The highest BCUT2D eigenvalue weighted by molar-refractivity contribution is 5.89. The highest BCUT2D eigenvalue weighted by Crippen LogP contribution is 2.70. The molecule has 4 aliphatic carbocycles. The van der Waals surface area contributed by atoms with E-state index in [4.69, 9.17) is 0 Å². The Balaban J connectivity index is 1.19. The molecule has 10 unspecified atom stereocenters. The van der Waals surface area contributed by atoms with Gasteiger partial charge < -0.3 is 9.59 Å². The van der Waals surface area contributed by atoms with Gasteiger partial charge in [0.2, 0.25) is 0 Å². The van der Waals surface area contributed by atoms with Gasteiger partial charge in [0.1, 0.15) is 18.4 Å². The molecule has 4 aliphatic rings. The molecular formula is C55H70O3. The zero-order valence-electron chi connectivity index (χ0n) is 36.9. The first kappa shape index (κ1) is 41.2. The van der Waals surface area contributed by atoms with Gasteiger partial charge in [0.25, 0.3) is 0 Å². The molecule has 4 saturated carbocycles. The molecule has 4 aromatic carbocycles. The van der Waals surface area contributed by atoms with Gasteiger partial charge in [0.15, 0.2) is 0 Å².